The van der Waals surface area contributed by atoms with E-state index in [0.29, 0.717) is 42.4 Å². The summed E-state index contributed by atoms with van der Waals surface area (Å²) in [4.78, 5) is 44.0. The number of carbonyl (C=O) groups excluding carboxylic acids is 3. The number of carbonyl (C=O) groups is 3. The summed E-state index contributed by atoms with van der Waals surface area (Å²) < 4.78 is 10.6. The fourth-order valence-electron chi connectivity index (χ4n) is 2.99. The van der Waals surface area contributed by atoms with Crippen LogP contribution in [0, 0.1) is 0 Å². The van der Waals surface area contributed by atoms with Gasteiger partial charge in [0.05, 0.1) is 12.2 Å². The molecule has 2 heterocycles. The van der Waals surface area contributed by atoms with Crippen LogP contribution >= 0.6 is 11.3 Å². The summed E-state index contributed by atoms with van der Waals surface area (Å²) in [6.07, 6.45) is 1.97. The Morgan fingerprint density at radius 2 is 1.94 bits per heavy atom. The van der Waals surface area contributed by atoms with Gasteiger partial charge in [0.2, 0.25) is 5.78 Å². The number of alkyl carbamates (subject to hydrolysis) is 1. The summed E-state index contributed by atoms with van der Waals surface area (Å²) in [5, 5.41) is 5.35. The van der Waals surface area contributed by atoms with Crippen LogP contribution in [0.2, 0.25) is 0 Å². The molecule has 0 bridgehead atoms. The lowest BCUT2D eigenvalue weighted by atomic mass is 10.1. The molecule has 2 aromatic heterocycles. The molecule has 170 valence electrons. The maximum atomic E-state index is 12.8. The zero-order valence-corrected chi connectivity index (χ0v) is 19.2. The molecule has 1 amide bonds. The highest BCUT2D eigenvalue weighted by molar-refractivity contribution is 7.12. The van der Waals surface area contributed by atoms with E-state index in [1.54, 1.807) is 32.3 Å². The second kappa shape index (κ2) is 10.5. The highest BCUT2D eigenvalue weighted by Crippen LogP contribution is 2.23. The number of H-pyrrole nitrogens is 1. The zero-order chi connectivity index (χ0) is 23.1. The number of amides is 1. The molecule has 0 aliphatic carbocycles. The molecule has 8 nitrogen and oxygen atoms in total. The first-order chi connectivity index (χ1) is 15.2. The molecular formula is C23H27N3O5S. The van der Waals surface area contributed by atoms with Gasteiger partial charge < -0.3 is 19.8 Å². The smallest absolute Gasteiger partial charge is 0.407 e. The van der Waals surface area contributed by atoms with Crippen LogP contribution in [-0.4, -0.2) is 53.0 Å². The molecule has 3 aromatic rings. The van der Waals surface area contributed by atoms with E-state index >= 15 is 0 Å². The van der Waals surface area contributed by atoms with Crippen molar-refractivity contribution in [3.05, 3.63) is 52.1 Å². The molecule has 3 rings (SSSR count). The lowest BCUT2D eigenvalue weighted by molar-refractivity contribution is 0.0498. The van der Waals surface area contributed by atoms with Gasteiger partial charge in [-0.3, -0.25) is 9.59 Å². The second-order valence-electron chi connectivity index (χ2n) is 8.18. The van der Waals surface area contributed by atoms with Crippen molar-refractivity contribution in [3.8, 4) is 0 Å². The van der Waals surface area contributed by atoms with Crippen LogP contribution in [0.1, 0.15) is 59.5 Å². The van der Waals surface area contributed by atoms with Crippen molar-refractivity contribution in [1.82, 2.24) is 15.3 Å². The number of nitrogens with one attached hydrogen (secondary N) is 2. The second-order valence-corrected chi connectivity index (χ2v) is 9.04. The molecule has 32 heavy (non-hydrogen) atoms. The number of Topliss-reactive ketones (excluding diaryl/α,β-unsaturated/α-hetero) is 1. The number of hydrogen-bond acceptors (Lipinski definition) is 7. The summed E-state index contributed by atoms with van der Waals surface area (Å²) >= 11 is 1.17. The first kappa shape index (κ1) is 23.6. The molecule has 0 aliphatic heterocycles. The minimum absolute atomic E-state index is 0.130. The standard InChI is InChI=1S/C23H27N3O5S/c1-23(2,3)31-22(29)24-10-12-30-11-6-9-19(27)18-14-32-21(26-18)20(28)16-13-25-17-8-5-4-7-15(16)17/h4-5,7-8,13-14,25H,6,9-12H2,1-3H3,(H,24,29). The predicted octanol–water partition coefficient (Wildman–Crippen LogP) is 4.36. The maximum absolute atomic E-state index is 12.8. The number of rotatable bonds is 10. The molecule has 0 fully saturated rings. The first-order valence-corrected chi connectivity index (χ1v) is 11.3. The van der Waals surface area contributed by atoms with Gasteiger partial charge in [-0.25, -0.2) is 9.78 Å². The Balaban J connectivity index is 1.40. The Hall–Kier alpha value is -3.04. The number of nitrogens with zero attached hydrogens (tertiary/aromatic N) is 1. The van der Waals surface area contributed by atoms with Crippen LogP contribution in [0.25, 0.3) is 10.9 Å². The third kappa shape index (κ3) is 6.48. The van der Waals surface area contributed by atoms with E-state index in [-0.39, 0.29) is 18.0 Å². The summed E-state index contributed by atoms with van der Waals surface area (Å²) in [7, 11) is 0. The van der Waals surface area contributed by atoms with Crippen molar-refractivity contribution >= 4 is 39.9 Å². The van der Waals surface area contributed by atoms with E-state index in [4.69, 9.17) is 9.47 Å². The van der Waals surface area contributed by atoms with E-state index in [1.807, 2.05) is 24.3 Å². The van der Waals surface area contributed by atoms with Gasteiger partial charge in [0, 0.05) is 42.1 Å². The van der Waals surface area contributed by atoms with E-state index < -0.39 is 11.7 Å². The number of benzene rings is 1. The fourth-order valence-corrected chi connectivity index (χ4v) is 3.76. The first-order valence-electron chi connectivity index (χ1n) is 10.4. The molecule has 1 aromatic carbocycles. The Bertz CT molecular complexity index is 1100. The fraction of sp³-hybridized carbons (Fsp3) is 0.391. The average molecular weight is 458 g/mol. The van der Waals surface area contributed by atoms with Crippen LogP contribution in [0.4, 0.5) is 4.79 Å². The molecule has 0 unspecified atom stereocenters. The van der Waals surface area contributed by atoms with Crippen molar-refractivity contribution in [2.75, 3.05) is 19.8 Å². The number of para-hydroxylation sites is 1. The molecule has 0 saturated carbocycles. The van der Waals surface area contributed by atoms with Crippen LogP contribution < -0.4 is 5.32 Å². The minimum atomic E-state index is -0.541. The van der Waals surface area contributed by atoms with Gasteiger partial charge in [-0.15, -0.1) is 11.3 Å². The van der Waals surface area contributed by atoms with Gasteiger partial charge in [0.1, 0.15) is 11.3 Å². The molecule has 2 N–H and O–H groups in total. The van der Waals surface area contributed by atoms with E-state index in [9.17, 15) is 14.4 Å². The molecule has 0 spiro atoms. The Morgan fingerprint density at radius 1 is 1.16 bits per heavy atom. The van der Waals surface area contributed by atoms with Gasteiger partial charge in [-0.1, -0.05) is 18.2 Å². The quantitative estimate of drug-likeness (QED) is 0.346. The van der Waals surface area contributed by atoms with E-state index in [1.165, 1.54) is 11.3 Å². The van der Waals surface area contributed by atoms with Crippen molar-refractivity contribution in [2.45, 2.75) is 39.2 Å². The van der Waals surface area contributed by atoms with Crippen LogP contribution in [0.3, 0.4) is 0 Å². The number of ether oxygens (including phenoxy) is 2. The van der Waals surface area contributed by atoms with Gasteiger partial charge in [0.15, 0.2) is 10.8 Å². The number of ketones is 2. The van der Waals surface area contributed by atoms with Gasteiger partial charge >= 0.3 is 6.09 Å². The van der Waals surface area contributed by atoms with Crippen LogP contribution in [0.5, 0.6) is 0 Å². The lowest BCUT2D eigenvalue weighted by Gasteiger charge is -2.19. The largest absolute Gasteiger partial charge is 0.444 e. The highest BCUT2D eigenvalue weighted by Gasteiger charge is 2.19. The van der Waals surface area contributed by atoms with Gasteiger partial charge in [0.25, 0.3) is 0 Å². The van der Waals surface area contributed by atoms with E-state index in [2.05, 4.69) is 15.3 Å². The van der Waals surface area contributed by atoms with Crippen molar-refractivity contribution < 1.29 is 23.9 Å². The number of aromatic nitrogens is 2. The Kier molecular flexibility index (Phi) is 7.76. The summed E-state index contributed by atoms with van der Waals surface area (Å²) in [5.41, 5.74) is 1.18. The summed E-state index contributed by atoms with van der Waals surface area (Å²) in [5.74, 6) is -0.331. The van der Waals surface area contributed by atoms with Crippen LogP contribution in [-0.2, 0) is 9.47 Å². The van der Waals surface area contributed by atoms with Gasteiger partial charge in [-0.05, 0) is 33.3 Å². The summed E-state index contributed by atoms with van der Waals surface area (Å²) in [6.45, 7) is 6.42. The normalized spacial score (nSPS) is 11.5. The number of hydrogen-bond donors (Lipinski definition) is 2. The maximum Gasteiger partial charge on any atom is 0.407 e. The zero-order valence-electron chi connectivity index (χ0n) is 18.4. The Labute approximate surface area is 190 Å². The lowest BCUT2D eigenvalue weighted by Crippen LogP contribution is -2.34. The minimum Gasteiger partial charge on any atom is -0.444 e. The van der Waals surface area contributed by atoms with E-state index in [0.717, 1.165) is 10.9 Å². The molecule has 9 heteroatoms. The Morgan fingerprint density at radius 3 is 2.72 bits per heavy atom. The monoisotopic (exact) mass is 457 g/mol. The van der Waals surface area contributed by atoms with Gasteiger partial charge in [-0.2, -0.15) is 0 Å². The number of aromatic amines is 1. The van der Waals surface area contributed by atoms with Crippen LogP contribution in [0.15, 0.2) is 35.8 Å². The van der Waals surface area contributed by atoms with Crippen molar-refractivity contribution in [3.63, 3.8) is 0 Å². The SMILES string of the molecule is CC(C)(C)OC(=O)NCCOCCCC(=O)c1csc(C(=O)c2c[nH]c3ccccc23)n1. The predicted molar refractivity (Wildman–Crippen MR) is 122 cm³/mol. The van der Waals surface area contributed by atoms with Crippen molar-refractivity contribution in [1.29, 1.82) is 0 Å². The summed E-state index contributed by atoms with van der Waals surface area (Å²) in [6, 6.07) is 7.55. The number of thiazole rings is 1. The number of fused-ring (bicyclic) bond motifs is 1. The molecule has 0 aliphatic rings. The van der Waals surface area contributed by atoms with Crippen molar-refractivity contribution in [2.24, 2.45) is 0 Å². The third-order valence-corrected chi connectivity index (χ3v) is 5.27. The molecule has 0 saturated heterocycles. The third-order valence-electron chi connectivity index (χ3n) is 4.43. The molecule has 0 radical (unpaired) electrons. The molecule has 0 atom stereocenters. The topological polar surface area (TPSA) is 110 Å². The molecular weight excluding hydrogens is 430 g/mol. The average Bonchev–Trinajstić information content (AvgIpc) is 3.39. The highest BCUT2D eigenvalue weighted by atomic mass is 32.1.